The second-order valence-corrected chi connectivity index (χ2v) is 3.21. The van der Waals surface area contributed by atoms with E-state index in [-0.39, 0.29) is 12.9 Å². The molecule has 5 heteroatoms. The van der Waals surface area contributed by atoms with Crippen molar-refractivity contribution in [2.45, 2.75) is 13.2 Å². The van der Waals surface area contributed by atoms with Crippen LogP contribution in [0.1, 0.15) is 17.3 Å². The molecule has 5 nitrogen and oxygen atoms in total. The lowest BCUT2D eigenvalue weighted by Crippen LogP contribution is -2.05. The van der Waals surface area contributed by atoms with E-state index in [1.54, 1.807) is 38.5 Å². The van der Waals surface area contributed by atoms with Crippen LogP contribution in [-0.2, 0) is 14.3 Å². The van der Waals surface area contributed by atoms with Crippen LogP contribution in [0.5, 0.6) is 5.75 Å². The van der Waals surface area contributed by atoms with Gasteiger partial charge in [0.1, 0.15) is 18.6 Å². The van der Waals surface area contributed by atoms with Crippen LogP contribution in [0.2, 0.25) is 0 Å². The van der Waals surface area contributed by atoms with E-state index in [0.717, 1.165) is 6.29 Å². The minimum atomic E-state index is -0.0648. The van der Waals surface area contributed by atoms with Crippen LogP contribution in [0.25, 0.3) is 0 Å². The average Bonchev–Trinajstić information content (AvgIpc) is 2.45. The van der Waals surface area contributed by atoms with Crippen molar-refractivity contribution < 1.29 is 23.8 Å². The van der Waals surface area contributed by atoms with Crippen molar-refractivity contribution in [3.05, 3.63) is 29.8 Å². The predicted octanol–water partition coefficient (Wildman–Crippen LogP) is 1.70. The molecule has 1 aromatic carbocycles. The third-order valence-corrected chi connectivity index (χ3v) is 1.98. The maximum Gasteiger partial charge on any atom is 0.157 e. The molecule has 0 fully saturated rings. The first-order valence-electron chi connectivity index (χ1n) is 5.35. The predicted molar refractivity (Wildman–Crippen MR) is 66.9 cm³/mol. The number of carbonyl (C=O) groups is 2. The Morgan fingerprint density at radius 2 is 1.89 bits per heavy atom. The van der Waals surface area contributed by atoms with Gasteiger partial charge in [-0.05, 0) is 19.1 Å². The normalized spacial score (nSPS) is 9.33. The van der Waals surface area contributed by atoms with Crippen molar-refractivity contribution in [2.24, 2.45) is 0 Å². The Balaban J connectivity index is 0.000000411. The lowest BCUT2D eigenvalue weighted by atomic mass is 10.2. The zero-order valence-electron chi connectivity index (χ0n) is 10.8. The Hall–Kier alpha value is -1.72. The summed E-state index contributed by atoms with van der Waals surface area (Å²) in [7, 11) is 3.21. The highest BCUT2D eigenvalue weighted by molar-refractivity contribution is 5.75. The van der Waals surface area contributed by atoms with Crippen LogP contribution in [0, 0.1) is 0 Å². The number of aldehydes is 2. The third-order valence-electron chi connectivity index (χ3n) is 1.98. The quantitative estimate of drug-likeness (QED) is 0.571. The van der Waals surface area contributed by atoms with Gasteiger partial charge in [0.2, 0.25) is 0 Å². The molecule has 0 atom stereocenters. The van der Waals surface area contributed by atoms with Crippen molar-refractivity contribution >= 4 is 12.6 Å². The maximum atomic E-state index is 10.3. The smallest absolute Gasteiger partial charge is 0.157 e. The minimum absolute atomic E-state index is 0.0162. The fourth-order valence-corrected chi connectivity index (χ4v) is 0.904. The Labute approximate surface area is 107 Å². The van der Waals surface area contributed by atoms with Crippen molar-refractivity contribution in [3.8, 4) is 5.75 Å². The second-order valence-electron chi connectivity index (χ2n) is 3.21. The van der Waals surface area contributed by atoms with Gasteiger partial charge in [-0.1, -0.05) is 12.1 Å². The first-order valence-corrected chi connectivity index (χ1v) is 5.35. The fourth-order valence-electron chi connectivity index (χ4n) is 0.904. The number of hydrogen-bond acceptors (Lipinski definition) is 5. The van der Waals surface area contributed by atoms with Gasteiger partial charge in [0.05, 0.1) is 0 Å². The zero-order chi connectivity index (χ0) is 13.8. The largest absolute Gasteiger partial charge is 0.486 e. The first-order chi connectivity index (χ1) is 8.67. The fraction of sp³-hybridized carbons (Fsp3) is 0.385. The van der Waals surface area contributed by atoms with Crippen LogP contribution in [-0.4, -0.2) is 39.7 Å². The number of hydrogen-bond donors (Lipinski definition) is 0. The average molecular weight is 254 g/mol. The Morgan fingerprint density at radius 3 is 2.33 bits per heavy atom. The lowest BCUT2D eigenvalue weighted by Gasteiger charge is -2.03. The summed E-state index contributed by atoms with van der Waals surface area (Å²) in [6.07, 6.45) is 1.33. The number of carbonyl (C=O) groups excluding carboxylic acids is 2. The van der Waals surface area contributed by atoms with E-state index >= 15 is 0 Å². The molecule has 100 valence electrons. The number of methoxy groups -OCH3 is 2. The minimum Gasteiger partial charge on any atom is -0.486 e. The maximum absolute atomic E-state index is 10.3. The van der Waals surface area contributed by atoms with Gasteiger partial charge in [-0.2, -0.15) is 0 Å². The molecule has 0 aliphatic carbocycles. The van der Waals surface area contributed by atoms with Gasteiger partial charge in [0, 0.05) is 19.8 Å². The summed E-state index contributed by atoms with van der Waals surface area (Å²) >= 11 is 0. The Kier molecular flexibility index (Phi) is 9.44. The highest BCUT2D eigenvalue weighted by Gasteiger charge is 1.93. The van der Waals surface area contributed by atoms with Crippen molar-refractivity contribution in [2.75, 3.05) is 20.8 Å². The summed E-state index contributed by atoms with van der Waals surface area (Å²) in [5.41, 5.74) is 0.540. The Bertz CT molecular complexity index is 347. The molecule has 0 heterocycles. The molecule has 0 saturated carbocycles. The van der Waals surface area contributed by atoms with E-state index in [0.29, 0.717) is 17.6 Å². The molecular weight excluding hydrogens is 236 g/mol. The summed E-state index contributed by atoms with van der Waals surface area (Å²) in [5, 5.41) is 0. The number of ether oxygens (including phenoxy) is 3. The van der Waals surface area contributed by atoms with Gasteiger partial charge < -0.3 is 14.2 Å². The van der Waals surface area contributed by atoms with E-state index in [1.165, 1.54) is 0 Å². The van der Waals surface area contributed by atoms with Crippen LogP contribution in [0.3, 0.4) is 0 Å². The molecule has 1 rings (SSSR count). The van der Waals surface area contributed by atoms with E-state index in [1.807, 2.05) is 6.92 Å². The molecule has 0 aliphatic heterocycles. The molecule has 0 spiro atoms. The van der Waals surface area contributed by atoms with E-state index in [2.05, 4.69) is 9.47 Å². The summed E-state index contributed by atoms with van der Waals surface area (Å²) in [4.78, 5) is 20.2. The van der Waals surface area contributed by atoms with Gasteiger partial charge in [-0.15, -0.1) is 0 Å². The molecule has 0 radical (unpaired) electrons. The van der Waals surface area contributed by atoms with Crippen molar-refractivity contribution in [1.82, 2.24) is 0 Å². The van der Waals surface area contributed by atoms with E-state index < -0.39 is 0 Å². The standard InChI is InChI=1S/C9H8O3.C4H10O2/c10-4-5-12-9-3-1-2-8(6-9)7-11;1-4(5-2)6-3/h1-4,6-7H,5H2;4H,1-3H3. The zero-order valence-corrected chi connectivity index (χ0v) is 10.8. The number of benzene rings is 1. The molecule has 0 aromatic heterocycles. The van der Waals surface area contributed by atoms with Crippen LogP contribution in [0.4, 0.5) is 0 Å². The second kappa shape index (κ2) is 10.4. The van der Waals surface area contributed by atoms with Gasteiger partial charge in [0.25, 0.3) is 0 Å². The summed E-state index contributed by atoms with van der Waals surface area (Å²) in [6.45, 7) is 1.85. The third kappa shape index (κ3) is 7.54. The van der Waals surface area contributed by atoms with Crippen molar-refractivity contribution in [3.63, 3.8) is 0 Å². The SMILES string of the molecule is COC(C)OC.O=CCOc1cccc(C=O)c1. The van der Waals surface area contributed by atoms with Gasteiger partial charge in [0.15, 0.2) is 12.6 Å². The number of rotatable bonds is 6. The molecule has 0 unspecified atom stereocenters. The molecule has 0 aliphatic rings. The van der Waals surface area contributed by atoms with Gasteiger partial charge in [-0.3, -0.25) is 9.59 Å². The first kappa shape index (κ1) is 16.3. The van der Waals surface area contributed by atoms with E-state index in [9.17, 15) is 9.59 Å². The summed E-state index contributed by atoms with van der Waals surface area (Å²) in [5.74, 6) is 0.534. The van der Waals surface area contributed by atoms with Crippen LogP contribution >= 0.6 is 0 Å². The van der Waals surface area contributed by atoms with Crippen LogP contribution in [0.15, 0.2) is 24.3 Å². The highest BCUT2D eigenvalue weighted by Crippen LogP contribution is 2.11. The van der Waals surface area contributed by atoms with E-state index in [4.69, 9.17) is 4.74 Å². The molecular formula is C13H18O5. The lowest BCUT2D eigenvalue weighted by molar-refractivity contribution is -0.109. The topological polar surface area (TPSA) is 61.8 Å². The summed E-state index contributed by atoms with van der Waals surface area (Å²) < 4.78 is 14.3. The monoisotopic (exact) mass is 254 g/mol. The molecule has 18 heavy (non-hydrogen) atoms. The molecule has 0 N–H and O–H groups in total. The van der Waals surface area contributed by atoms with Crippen LogP contribution < -0.4 is 4.74 Å². The van der Waals surface area contributed by atoms with Gasteiger partial charge in [-0.25, -0.2) is 0 Å². The highest BCUT2D eigenvalue weighted by atomic mass is 16.7. The molecule has 0 amide bonds. The molecule has 0 bridgehead atoms. The van der Waals surface area contributed by atoms with Crippen molar-refractivity contribution in [1.29, 1.82) is 0 Å². The molecule has 1 aromatic rings. The Morgan fingerprint density at radius 1 is 1.22 bits per heavy atom. The molecule has 0 saturated heterocycles. The van der Waals surface area contributed by atoms with Gasteiger partial charge >= 0.3 is 0 Å². The summed E-state index contributed by atoms with van der Waals surface area (Å²) in [6, 6.07) is 6.64.